The van der Waals surface area contributed by atoms with Crippen molar-refractivity contribution in [3.63, 3.8) is 0 Å². The summed E-state index contributed by atoms with van der Waals surface area (Å²) in [4.78, 5) is 0. The third-order valence-corrected chi connectivity index (χ3v) is 3.89. The molecule has 1 fully saturated rings. The molecule has 1 saturated carbocycles. The maximum atomic E-state index is 5.43. The molecule has 2 heteroatoms. The van der Waals surface area contributed by atoms with E-state index < -0.39 is 0 Å². The first-order valence-electron chi connectivity index (χ1n) is 4.55. The summed E-state index contributed by atoms with van der Waals surface area (Å²) in [5.74, 6) is 0.868. The molecule has 0 aliphatic heterocycles. The zero-order valence-electron chi connectivity index (χ0n) is 8.48. The van der Waals surface area contributed by atoms with Gasteiger partial charge >= 0.3 is 0 Å². The van der Waals surface area contributed by atoms with Crippen LogP contribution in [0.2, 0.25) is 0 Å². The standard InChI is InChI=1S/C10H19BrO/c1-9(2,12-4)7-10(3)5-8(10)6-11/h8H,5-7H2,1-4H3. The predicted octanol–water partition coefficient (Wildman–Crippen LogP) is 3.22. The smallest absolute Gasteiger partial charge is 0.0628 e. The van der Waals surface area contributed by atoms with Gasteiger partial charge in [0.05, 0.1) is 5.60 Å². The number of alkyl halides is 1. The third kappa shape index (κ3) is 2.23. The molecule has 1 aliphatic rings. The van der Waals surface area contributed by atoms with Gasteiger partial charge in [0.15, 0.2) is 0 Å². The summed E-state index contributed by atoms with van der Waals surface area (Å²) in [6, 6.07) is 0. The molecule has 12 heavy (non-hydrogen) atoms. The number of rotatable bonds is 4. The summed E-state index contributed by atoms with van der Waals surface area (Å²) in [6.45, 7) is 6.70. The molecule has 72 valence electrons. The van der Waals surface area contributed by atoms with Crippen LogP contribution in [0.25, 0.3) is 0 Å². The normalized spacial score (nSPS) is 35.2. The molecule has 1 aliphatic carbocycles. The van der Waals surface area contributed by atoms with Crippen molar-refractivity contribution in [1.29, 1.82) is 0 Å². The highest BCUT2D eigenvalue weighted by Gasteiger charge is 2.51. The average Bonchev–Trinajstić information content (AvgIpc) is 2.60. The van der Waals surface area contributed by atoms with Gasteiger partial charge in [-0.2, -0.15) is 0 Å². The Bertz CT molecular complexity index is 167. The summed E-state index contributed by atoms with van der Waals surface area (Å²) in [5.41, 5.74) is 0.578. The Kier molecular flexibility index (Phi) is 2.89. The predicted molar refractivity (Wildman–Crippen MR) is 55.7 cm³/mol. The molecule has 0 heterocycles. The van der Waals surface area contributed by atoms with Crippen molar-refractivity contribution in [2.45, 2.75) is 39.2 Å². The van der Waals surface area contributed by atoms with Gasteiger partial charge in [-0.3, -0.25) is 0 Å². The maximum absolute atomic E-state index is 5.43. The van der Waals surface area contributed by atoms with Crippen molar-refractivity contribution in [2.24, 2.45) is 11.3 Å². The van der Waals surface area contributed by atoms with E-state index in [1.54, 1.807) is 7.11 Å². The van der Waals surface area contributed by atoms with Gasteiger partial charge in [0.25, 0.3) is 0 Å². The van der Waals surface area contributed by atoms with Crippen molar-refractivity contribution in [1.82, 2.24) is 0 Å². The quantitative estimate of drug-likeness (QED) is 0.680. The number of ether oxygens (including phenoxy) is 1. The van der Waals surface area contributed by atoms with Gasteiger partial charge in [-0.05, 0) is 38.0 Å². The molecular weight excluding hydrogens is 216 g/mol. The highest BCUT2D eigenvalue weighted by molar-refractivity contribution is 9.09. The Morgan fingerprint density at radius 1 is 1.58 bits per heavy atom. The number of halogens is 1. The number of methoxy groups -OCH3 is 1. The second-order valence-electron chi connectivity index (χ2n) is 4.85. The Hall–Kier alpha value is 0.440. The van der Waals surface area contributed by atoms with E-state index in [2.05, 4.69) is 36.7 Å². The fourth-order valence-corrected chi connectivity index (χ4v) is 3.02. The van der Waals surface area contributed by atoms with Crippen LogP contribution in [0.3, 0.4) is 0 Å². The third-order valence-electron chi connectivity index (χ3n) is 3.11. The highest BCUT2D eigenvalue weighted by atomic mass is 79.9. The van der Waals surface area contributed by atoms with Crippen LogP contribution in [-0.2, 0) is 4.74 Å². The summed E-state index contributed by atoms with van der Waals surface area (Å²) >= 11 is 3.54. The van der Waals surface area contributed by atoms with Crippen LogP contribution < -0.4 is 0 Å². The van der Waals surface area contributed by atoms with E-state index in [4.69, 9.17) is 4.74 Å². The van der Waals surface area contributed by atoms with Crippen LogP contribution in [0.5, 0.6) is 0 Å². The maximum Gasteiger partial charge on any atom is 0.0628 e. The SMILES string of the molecule is COC(C)(C)CC1(C)CC1CBr. The molecule has 0 aromatic rings. The Morgan fingerprint density at radius 3 is 2.50 bits per heavy atom. The molecule has 1 rings (SSSR count). The van der Waals surface area contributed by atoms with Crippen LogP contribution in [-0.4, -0.2) is 18.0 Å². The Balaban J connectivity index is 2.42. The monoisotopic (exact) mass is 234 g/mol. The van der Waals surface area contributed by atoms with Crippen molar-refractivity contribution < 1.29 is 4.74 Å². The lowest BCUT2D eigenvalue weighted by Crippen LogP contribution is -2.26. The van der Waals surface area contributed by atoms with E-state index in [-0.39, 0.29) is 5.60 Å². The molecule has 0 amide bonds. The lowest BCUT2D eigenvalue weighted by atomic mass is 9.90. The van der Waals surface area contributed by atoms with Gasteiger partial charge in [0, 0.05) is 12.4 Å². The molecule has 2 unspecified atom stereocenters. The van der Waals surface area contributed by atoms with Crippen molar-refractivity contribution >= 4 is 15.9 Å². The van der Waals surface area contributed by atoms with E-state index in [1.165, 1.54) is 12.8 Å². The Morgan fingerprint density at radius 2 is 2.17 bits per heavy atom. The van der Waals surface area contributed by atoms with Gasteiger partial charge in [0.2, 0.25) is 0 Å². The summed E-state index contributed by atoms with van der Waals surface area (Å²) < 4.78 is 5.43. The summed E-state index contributed by atoms with van der Waals surface area (Å²) in [5, 5.41) is 1.14. The van der Waals surface area contributed by atoms with Crippen LogP contribution >= 0.6 is 15.9 Å². The molecule has 0 saturated heterocycles. The number of hydrogen-bond donors (Lipinski definition) is 0. The molecule has 2 atom stereocenters. The molecular formula is C10H19BrO. The minimum absolute atomic E-state index is 0.0473. The molecule has 0 aromatic carbocycles. The van der Waals surface area contributed by atoms with E-state index in [0.717, 1.165) is 11.2 Å². The molecule has 0 N–H and O–H groups in total. The second-order valence-corrected chi connectivity index (χ2v) is 5.50. The van der Waals surface area contributed by atoms with Crippen molar-refractivity contribution in [3.8, 4) is 0 Å². The van der Waals surface area contributed by atoms with Gasteiger partial charge < -0.3 is 4.74 Å². The molecule has 0 aromatic heterocycles. The van der Waals surface area contributed by atoms with Gasteiger partial charge in [-0.25, -0.2) is 0 Å². The lowest BCUT2D eigenvalue weighted by molar-refractivity contribution is -0.00127. The minimum atomic E-state index is 0.0473. The lowest BCUT2D eigenvalue weighted by Gasteiger charge is -2.27. The average molecular weight is 235 g/mol. The fraction of sp³-hybridized carbons (Fsp3) is 1.00. The van der Waals surface area contributed by atoms with Crippen LogP contribution in [0, 0.1) is 11.3 Å². The van der Waals surface area contributed by atoms with E-state index in [9.17, 15) is 0 Å². The highest BCUT2D eigenvalue weighted by Crippen LogP contribution is 2.57. The van der Waals surface area contributed by atoms with Crippen molar-refractivity contribution in [3.05, 3.63) is 0 Å². The summed E-state index contributed by atoms with van der Waals surface area (Å²) in [7, 11) is 1.80. The van der Waals surface area contributed by atoms with Crippen molar-refractivity contribution in [2.75, 3.05) is 12.4 Å². The fourth-order valence-electron chi connectivity index (χ4n) is 2.01. The largest absolute Gasteiger partial charge is 0.379 e. The second kappa shape index (κ2) is 3.30. The zero-order chi connectivity index (χ0) is 9.41. The molecule has 0 radical (unpaired) electrons. The zero-order valence-corrected chi connectivity index (χ0v) is 10.1. The van der Waals surface area contributed by atoms with Crippen LogP contribution in [0.1, 0.15) is 33.6 Å². The van der Waals surface area contributed by atoms with Gasteiger partial charge in [-0.15, -0.1) is 0 Å². The summed E-state index contributed by atoms with van der Waals surface area (Å²) in [6.07, 6.45) is 2.53. The van der Waals surface area contributed by atoms with Gasteiger partial charge in [-0.1, -0.05) is 22.9 Å². The first kappa shape index (κ1) is 10.5. The topological polar surface area (TPSA) is 9.23 Å². The number of hydrogen-bond acceptors (Lipinski definition) is 1. The Labute approximate surface area is 84.0 Å². The minimum Gasteiger partial charge on any atom is -0.379 e. The first-order valence-corrected chi connectivity index (χ1v) is 5.67. The van der Waals surface area contributed by atoms with Crippen LogP contribution in [0.4, 0.5) is 0 Å². The van der Waals surface area contributed by atoms with Crippen LogP contribution in [0.15, 0.2) is 0 Å². The first-order chi connectivity index (χ1) is 5.43. The van der Waals surface area contributed by atoms with E-state index in [1.807, 2.05) is 0 Å². The van der Waals surface area contributed by atoms with Gasteiger partial charge in [0.1, 0.15) is 0 Å². The van der Waals surface area contributed by atoms with E-state index >= 15 is 0 Å². The molecule has 0 spiro atoms. The van der Waals surface area contributed by atoms with E-state index in [0.29, 0.717) is 5.41 Å². The molecule has 1 nitrogen and oxygen atoms in total. The molecule has 0 bridgehead atoms.